The lowest BCUT2D eigenvalue weighted by atomic mass is 9.99. The number of aliphatic hydroxyl groups is 1. The Morgan fingerprint density at radius 2 is 2.35 bits per heavy atom. The molecule has 2 atom stereocenters. The minimum atomic E-state index is -0.841. The zero-order valence-corrected chi connectivity index (χ0v) is 11.8. The lowest BCUT2D eigenvalue weighted by molar-refractivity contribution is -0.135. The van der Waals surface area contributed by atoms with E-state index >= 15 is 0 Å². The molecule has 1 aliphatic rings. The first-order chi connectivity index (χ1) is 9.40. The minimum Gasteiger partial charge on any atom is -0.394 e. The molecular weight excluding hydrogens is 282 g/mol. The number of β-lactam (4-membered cyclic amide) rings is 1. The summed E-state index contributed by atoms with van der Waals surface area (Å²) in [6.45, 7) is 5.09. The number of rotatable bonds is 6. The number of hydrogen-bond donors (Lipinski definition) is 5. The number of amides is 2. The third kappa shape index (κ3) is 3.81. The molecule has 1 saturated heterocycles. The average Bonchev–Trinajstić information content (AvgIpc) is 2.40. The number of nitrogens with one attached hydrogen (secondary N) is 3. The molecule has 8 nitrogen and oxygen atoms in total. The fourth-order valence-electron chi connectivity index (χ4n) is 1.47. The van der Waals surface area contributed by atoms with Crippen LogP contribution in [-0.2, 0) is 9.59 Å². The third-order valence-electron chi connectivity index (χ3n) is 2.55. The highest BCUT2D eigenvalue weighted by Crippen LogP contribution is 2.07. The number of aliphatic hydroxyl groups excluding tert-OH is 1. The summed E-state index contributed by atoms with van der Waals surface area (Å²) in [5, 5.41) is 21.5. The van der Waals surface area contributed by atoms with Gasteiger partial charge in [0.2, 0.25) is 5.91 Å². The topological polar surface area (TPSA) is 141 Å². The normalized spacial score (nSPS) is 21.7. The SMILES string of the molecule is C=C(/N=C(/N)SCC)C(=N)C(=O)NC1C(=O)NC1CO. The van der Waals surface area contributed by atoms with Crippen molar-refractivity contribution in [3.8, 4) is 0 Å². The number of hydrogen-bond acceptors (Lipinski definition) is 6. The molecule has 1 fully saturated rings. The van der Waals surface area contributed by atoms with Crippen molar-refractivity contribution in [1.82, 2.24) is 10.6 Å². The van der Waals surface area contributed by atoms with Crippen molar-refractivity contribution in [2.45, 2.75) is 19.0 Å². The summed E-state index contributed by atoms with van der Waals surface area (Å²) in [5.74, 6) is -0.477. The van der Waals surface area contributed by atoms with Gasteiger partial charge in [-0.25, -0.2) is 4.99 Å². The fraction of sp³-hybridized carbons (Fsp3) is 0.455. The molecule has 1 heterocycles. The quantitative estimate of drug-likeness (QED) is 0.232. The van der Waals surface area contributed by atoms with E-state index in [1.165, 1.54) is 11.8 Å². The number of aliphatic imine (C=N–C) groups is 1. The van der Waals surface area contributed by atoms with Gasteiger partial charge in [-0.3, -0.25) is 15.0 Å². The van der Waals surface area contributed by atoms with E-state index in [4.69, 9.17) is 16.2 Å². The molecule has 1 rings (SSSR count). The molecule has 1 aliphatic heterocycles. The van der Waals surface area contributed by atoms with Crippen LogP contribution >= 0.6 is 11.8 Å². The summed E-state index contributed by atoms with van der Waals surface area (Å²) in [6.07, 6.45) is 0. The summed E-state index contributed by atoms with van der Waals surface area (Å²) in [7, 11) is 0. The first-order valence-electron chi connectivity index (χ1n) is 5.87. The summed E-state index contributed by atoms with van der Waals surface area (Å²) >= 11 is 1.26. The number of nitrogens with zero attached hydrogens (tertiary/aromatic N) is 1. The molecule has 0 spiro atoms. The third-order valence-corrected chi connectivity index (χ3v) is 3.22. The van der Waals surface area contributed by atoms with Gasteiger partial charge in [-0.1, -0.05) is 25.3 Å². The van der Waals surface area contributed by atoms with Crippen LogP contribution in [0.3, 0.4) is 0 Å². The van der Waals surface area contributed by atoms with E-state index in [1.807, 2.05) is 6.92 Å². The molecule has 0 aromatic rings. The van der Waals surface area contributed by atoms with Gasteiger partial charge in [-0.15, -0.1) is 0 Å². The zero-order chi connectivity index (χ0) is 15.3. The molecule has 2 unspecified atom stereocenters. The molecule has 0 saturated carbocycles. The van der Waals surface area contributed by atoms with Gasteiger partial charge >= 0.3 is 0 Å². The standard InChI is InChI=1S/C11H17N5O3S/c1-3-20-11(13)14-5(2)7(12)9(18)16-8-6(4-17)15-10(8)19/h6,8,12,17H,2-4H2,1H3,(H2,13,14)(H,15,19)(H,16,18). The molecule has 0 radical (unpaired) electrons. The van der Waals surface area contributed by atoms with Crippen molar-refractivity contribution in [2.75, 3.05) is 12.4 Å². The minimum absolute atomic E-state index is 0.0822. The largest absolute Gasteiger partial charge is 0.394 e. The Hall–Kier alpha value is -1.87. The predicted molar refractivity (Wildman–Crippen MR) is 77.6 cm³/mol. The first kappa shape index (κ1) is 16.2. The van der Waals surface area contributed by atoms with Crippen LogP contribution in [0.15, 0.2) is 17.3 Å². The van der Waals surface area contributed by atoms with E-state index in [9.17, 15) is 9.59 Å². The van der Waals surface area contributed by atoms with E-state index in [-0.39, 0.29) is 17.5 Å². The van der Waals surface area contributed by atoms with Gasteiger partial charge in [0.1, 0.15) is 11.8 Å². The lowest BCUT2D eigenvalue weighted by Crippen LogP contribution is -2.70. The number of carbonyl (C=O) groups excluding carboxylic acids is 2. The van der Waals surface area contributed by atoms with E-state index in [0.717, 1.165) is 0 Å². The van der Waals surface area contributed by atoms with E-state index in [1.54, 1.807) is 0 Å². The Morgan fingerprint density at radius 3 is 2.85 bits per heavy atom. The Balaban J connectivity index is 2.59. The maximum atomic E-state index is 11.8. The van der Waals surface area contributed by atoms with Crippen molar-refractivity contribution in [1.29, 1.82) is 5.41 Å². The molecule has 2 amide bonds. The number of thioether (sulfide) groups is 1. The van der Waals surface area contributed by atoms with Crippen LogP contribution in [0.2, 0.25) is 0 Å². The highest BCUT2D eigenvalue weighted by molar-refractivity contribution is 8.13. The van der Waals surface area contributed by atoms with Crippen molar-refractivity contribution in [2.24, 2.45) is 10.7 Å². The predicted octanol–water partition coefficient (Wildman–Crippen LogP) is -1.44. The van der Waals surface area contributed by atoms with Crippen LogP contribution in [0.25, 0.3) is 0 Å². The van der Waals surface area contributed by atoms with Gasteiger partial charge in [0.15, 0.2) is 5.17 Å². The molecule has 6 N–H and O–H groups in total. The monoisotopic (exact) mass is 299 g/mol. The number of nitrogens with two attached hydrogens (primary N) is 1. The van der Waals surface area contributed by atoms with Crippen LogP contribution in [0.1, 0.15) is 6.92 Å². The van der Waals surface area contributed by atoms with E-state index in [0.29, 0.717) is 5.75 Å². The fourth-order valence-corrected chi connectivity index (χ4v) is 1.94. The maximum absolute atomic E-state index is 11.8. The van der Waals surface area contributed by atoms with Crippen LogP contribution < -0.4 is 16.4 Å². The Morgan fingerprint density at radius 1 is 1.70 bits per heavy atom. The van der Waals surface area contributed by atoms with Crippen molar-refractivity contribution >= 4 is 34.5 Å². The van der Waals surface area contributed by atoms with Gasteiger partial charge in [-0.2, -0.15) is 0 Å². The second-order valence-electron chi connectivity index (χ2n) is 3.95. The zero-order valence-electron chi connectivity index (χ0n) is 11.0. The van der Waals surface area contributed by atoms with Gasteiger partial charge < -0.3 is 21.5 Å². The summed E-state index contributed by atoms with van der Waals surface area (Å²) in [5.41, 5.74) is 5.00. The van der Waals surface area contributed by atoms with Gasteiger partial charge in [0.05, 0.1) is 18.3 Å². The molecule has 0 bridgehead atoms. The molecule has 0 aromatic heterocycles. The number of amidine groups is 1. The highest BCUT2D eigenvalue weighted by Gasteiger charge is 2.40. The molecule has 9 heteroatoms. The summed E-state index contributed by atoms with van der Waals surface area (Å²) < 4.78 is 0. The number of carbonyl (C=O) groups is 2. The van der Waals surface area contributed by atoms with Crippen LogP contribution in [0, 0.1) is 5.41 Å². The smallest absolute Gasteiger partial charge is 0.272 e. The highest BCUT2D eigenvalue weighted by atomic mass is 32.2. The van der Waals surface area contributed by atoms with E-state index in [2.05, 4.69) is 22.2 Å². The Kier molecular flexibility index (Phi) is 5.71. The van der Waals surface area contributed by atoms with Crippen molar-refractivity contribution in [3.05, 3.63) is 12.3 Å². The van der Waals surface area contributed by atoms with Gasteiger partial charge in [0, 0.05) is 0 Å². The van der Waals surface area contributed by atoms with Gasteiger partial charge in [-0.05, 0) is 5.75 Å². The Labute approximate surface area is 120 Å². The Bertz CT molecular complexity index is 477. The maximum Gasteiger partial charge on any atom is 0.272 e. The first-order valence-corrected chi connectivity index (χ1v) is 6.86. The van der Waals surface area contributed by atoms with Crippen LogP contribution in [0.4, 0.5) is 0 Å². The van der Waals surface area contributed by atoms with Crippen LogP contribution in [0.5, 0.6) is 0 Å². The second kappa shape index (κ2) is 7.06. The second-order valence-corrected chi connectivity index (χ2v) is 5.24. The molecule has 0 aliphatic carbocycles. The summed E-state index contributed by atoms with van der Waals surface area (Å²) in [4.78, 5) is 26.8. The van der Waals surface area contributed by atoms with Crippen molar-refractivity contribution in [3.63, 3.8) is 0 Å². The lowest BCUT2D eigenvalue weighted by Gasteiger charge is -2.35. The summed E-state index contributed by atoms with van der Waals surface area (Å²) in [6, 6.07) is -1.37. The van der Waals surface area contributed by atoms with E-state index < -0.39 is 29.6 Å². The van der Waals surface area contributed by atoms with Crippen LogP contribution in [-0.4, -0.2) is 52.2 Å². The molecule has 0 aromatic carbocycles. The average molecular weight is 299 g/mol. The molecule has 110 valence electrons. The van der Waals surface area contributed by atoms with Gasteiger partial charge in [0.25, 0.3) is 5.91 Å². The van der Waals surface area contributed by atoms with Crippen molar-refractivity contribution < 1.29 is 14.7 Å². The molecular formula is C11H17N5O3S. The molecule has 20 heavy (non-hydrogen) atoms.